The molecule has 0 spiro atoms. The number of hydrogen-bond donors (Lipinski definition) is 1. The maximum atomic E-state index is 8.72. The lowest BCUT2D eigenvalue weighted by molar-refractivity contribution is 0.278. The highest BCUT2D eigenvalue weighted by molar-refractivity contribution is 4.91. The van der Waals surface area contributed by atoms with E-state index in [0.717, 1.165) is 19.4 Å². The lowest BCUT2D eigenvalue weighted by Crippen LogP contribution is -2.31. The Labute approximate surface area is 75.3 Å². The monoisotopic (exact) mass is 169 g/mol. The van der Waals surface area contributed by atoms with Crippen LogP contribution in [0, 0.1) is 16.7 Å². The Kier molecular flexibility index (Phi) is 4.87. The quantitative estimate of drug-likeness (QED) is 0.499. The zero-order valence-corrected chi connectivity index (χ0v) is 8.52. The van der Waals surface area contributed by atoms with Crippen molar-refractivity contribution in [1.82, 2.24) is 10.4 Å². The molecule has 0 heterocycles. The fourth-order valence-corrected chi connectivity index (χ4v) is 0.889. The summed E-state index contributed by atoms with van der Waals surface area (Å²) in [5, 5.41) is 10.7. The average molecular weight is 169 g/mol. The van der Waals surface area contributed by atoms with Gasteiger partial charge in [0, 0.05) is 20.6 Å². The third-order valence-corrected chi connectivity index (χ3v) is 1.71. The molecule has 0 aromatic carbocycles. The maximum Gasteiger partial charge on any atom is 0.0683 e. The fourth-order valence-electron chi connectivity index (χ4n) is 0.889. The van der Waals surface area contributed by atoms with Crippen LogP contribution >= 0.6 is 0 Å². The zero-order valence-electron chi connectivity index (χ0n) is 8.52. The highest BCUT2D eigenvalue weighted by Gasteiger charge is 2.15. The summed E-state index contributed by atoms with van der Waals surface area (Å²) in [6.07, 6.45) is 1.99. The maximum absolute atomic E-state index is 8.72. The first-order chi connectivity index (χ1) is 5.48. The van der Waals surface area contributed by atoms with Crippen LogP contribution in [-0.4, -0.2) is 25.6 Å². The first-order valence-corrected chi connectivity index (χ1v) is 4.30. The van der Waals surface area contributed by atoms with Gasteiger partial charge in [0.05, 0.1) is 11.5 Å². The Hall–Kier alpha value is -0.590. The lowest BCUT2D eigenvalue weighted by atomic mass is 9.90. The molecule has 1 N–H and O–H groups in total. The minimum absolute atomic E-state index is 0.173. The standard InChI is InChI=1S/C9H19N3/c1-9(2,8-10)6-5-7-11-12(3)4/h11H,5-7H2,1-4H3. The van der Waals surface area contributed by atoms with Crippen molar-refractivity contribution in [2.24, 2.45) is 5.41 Å². The summed E-state index contributed by atoms with van der Waals surface area (Å²) < 4.78 is 0. The van der Waals surface area contributed by atoms with Crippen LogP contribution in [0.2, 0.25) is 0 Å². The predicted octanol–water partition coefficient (Wildman–Crippen LogP) is 1.38. The van der Waals surface area contributed by atoms with E-state index in [2.05, 4.69) is 11.5 Å². The molecule has 0 unspecified atom stereocenters. The van der Waals surface area contributed by atoms with Gasteiger partial charge in [-0.15, -0.1) is 0 Å². The topological polar surface area (TPSA) is 39.1 Å². The molecule has 0 aromatic heterocycles. The van der Waals surface area contributed by atoms with Gasteiger partial charge in [0.2, 0.25) is 0 Å². The van der Waals surface area contributed by atoms with Crippen molar-refractivity contribution in [1.29, 1.82) is 5.26 Å². The molecule has 0 aliphatic rings. The molecule has 0 amide bonds. The summed E-state index contributed by atoms with van der Waals surface area (Å²) in [5.74, 6) is 0. The molecule has 3 nitrogen and oxygen atoms in total. The summed E-state index contributed by atoms with van der Waals surface area (Å²) in [6, 6.07) is 2.29. The van der Waals surface area contributed by atoms with Gasteiger partial charge in [-0.3, -0.25) is 10.4 Å². The summed E-state index contributed by atoms with van der Waals surface area (Å²) in [4.78, 5) is 0. The molecular weight excluding hydrogens is 150 g/mol. The van der Waals surface area contributed by atoms with Crippen LogP contribution < -0.4 is 5.43 Å². The molecule has 0 bridgehead atoms. The lowest BCUT2D eigenvalue weighted by Gasteiger charge is -2.16. The Balaban J connectivity index is 3.39. The van der Waals surface area contributed by atoms with E-state index in [0.29, 0.717) is 0 Å². The SMILES string of the molecule is CN(C)NCCCC(C)(C)C#N. The second-order valence-corrected chi connectivity index (χ2v) is 3.90. The Morgan fingerprint density at radius 1 is 1.42 bits per heavy atom. The van der Waals surface area contributed by atoms with Crippen LogP contribution in [-0.2, 0) is 0 Å². The molecule has 0 rings (SSSR count). The van der Waals surface area contributed by atoms with Crippen LogP contribution in [0.4, 0.5) is 0 Å². The number of nitriles is 1. The Morgan fingerprint density at radius 3 is 2.42 bits per heavy atom. The molecule has 0 saturated heterocycles. The van der Waals surface area contributed by atoms with Crippen molar-refractivity contribution >= 4 is 0 Å². The van der Waals surface area contributed by atoms with Gasteiger partial charge in [-0.25, -0.2) is 0 Å². The Morgan fingerprint density at radius 2 is 2.00 bits per heavy atom. The highest BCUT2D eigenvalue weighted by atomic mass is 15.5. The van der Waals surface area contributed by atoms with Crippen molar-refractivity contribution in [2.75, 3.05) is 20.6 Å². The molecule has 0 atom stereocenters. The highest BCUT2D eigenvalue weighted by Crippen LogP contribution is 2.19. The average Bonchev–Trinajstić information content (AvgIpc) is 1.98. The third-order valence-electron chi connectivity index (χ3n) is 1.71. The van der Waals surface area contributed by atoms with Crippen molar-refractivity contribution in [3.63, 3.8) is 0 Å². The summed E-state index contributed by atoms with van der Waals surface area (Å²) in [5.41, 5.74) is 2.99. The first-order valence-electron chi connectivity index (χ1n) is 4.30. The van der Waals surface area contributed by atoms with E-state index >= 15 is 0 Å². The van der Waals surface area contributed by atoms with E-state index in [1.807, 2.05) is 33.0 Å². The van der Waals surface area contributed by atoms with E-state index in [4.69, 9.17) is 5.26 Å². The van der Waals surface area contributed by atoms with Crippen molar-refractivity contribution < 1.29 is 0 Å². The molecule has 0 aliphatic heterocycles. The normalized spacial score (nSPS) is 11.7. The second-order valence-electron chi connectivity index (χ2n) is 3.90. The molecule has 0 aliphatic carbocycles. The molecular formula is C9H19N3. The van der Waals surface area contributed by atoms with Gasteiger partial charge in [-0.05, 0) is 26.7 Å². The Bertz CT molecular complexity index is 156. The van der Waals surface area contributed by atoms with E-state index in [1.54, 1.807) is 0 Å². The number of hydrogen-bond acceptors (Lipinski definition) is 3. The molecule has 12 heavy (non-hydrogen) atoms. The van der Waals surface area contributed by atoms with Crippen LogP contribution in [0.5, 0.6) is 0 Å². The number of nitrogens with zero attached hydrogens (tertiary/aromatic N) is 2. The van der Waals surface area contributed by atoms with Crippen LogP contribution in [0.3, 0.4) is 0 Å². The number of nitrogens with one attached hydrogen (secondary N) is 1. The third kappa shape index (κ3) is 6.14. The van der Waals surface area contributed by atoms with Gasteiger partial charge in [-0.1, -0.05) is 0 Å². The zero-order chi connectivity index (χ0) is 9.61. The van der Waals surface area contributed by atoms with E-state index in [1.165, 1.54) is 0 Å². The van der Waals surface area contributed by atoms with Gasteiger partial charge in [0.1, 0.15) is 0 Å². The molecule has 70 valence electrons. The van der Waals surface area contributed by atoms with Gasteiger partial charge in [0.25, 0.3) is 0 Å². The molecule has 0 fully saturated rings. The minimum atomic E-state index is -0.173. The fraction of sp³-hybridized carbons (Fsp3) is 0.889. The van der Waals surface area contributed by atoms with Crippen LogP contribution in [0.15, 0.2) is 0 Å². The number of hydrazine groups is 1. The smallest absolute Gasteiger partial charge is 0.0683 e. The van der Waals surface area contributed by atoms with Crippen LogP contribution in [0.25, 0.3) is 0 Å². The van der Waals surface area contributed by atoms with Gasteiger partial charge < -0.3 is 0 Å². The predicted molar refractivity (Wildman–Crippen MR) is 50.3 cm³/mol. The molecule has 0 aromatic rings. The van der Waals surface area contributed by atoms with Crippen LogP contribution in [0.1, 0.15) is 26.7 Å². The van der Waals surface area contributed by atoms with E-state index in [-0.39, 0.29) is 5.41 Å². The second kappa shape index (κ2) is 5.13. The summed E-state index contributed by atoms with van der Waals surface area (Å²) >= 11 is 0. The molecule has 3 heteroatoms. The molecule has 0 radical (unpaired) electrons. The van der Waals surface area contributed by atoms with Gasteiger partial charge >= 0.3 is 0 Å². The summed E-state index contributed by atoms with van der Waals surface area (Å²) in [7, 11) is 3.94. The summed E-state index contributed by atoms with van der Waals surface area (Å²) in [6.45, 7) is 4.89. The van der Waals surface area contributed by atoms with Gasteiger partial charge in [0.15, 0.2) is 0 Å². The minimum Gasteiger partial charge on any atom is -0.256 e. The van der Waals surface area contributed by atoms with Gasteiger partial charge in [-0.2, -0.15) is 5.26 Å². The van der Waals surface area contributed by atoms with E-state index in [9.17, 15) is 0 Å². The number of rotatable bonds is 5. The molecule has 0 saturated carbocycles. The first kappa shape index (κ1) is 11.4. The van der Waals surface area contributed by atoms with Crippen molar-refractivity contribution in [3.05, 3.63) is 0 Å². The largest absolute Gasteiger partial charge is 0.256 e. The van der Waals surface area contributed by atoms with Crippen molar-refractivity contribution in [2.45, 2.75) is 26.7 Å². The van der Waals surface area contributed by atoms with E-state index < -0.39 is 0 Å². The van der Waals surface area contributed by atoms with Crippen molar-refractivity contribution in [3.8, 4) is 6.07 Å².